The van der Waals surface area contributed by atoms with Gasteiger partial charge in [0.25, 0.3) is 0 Å². The Hall–Kier alpha value is -1.06. The second kappa shape index (κ2) is 15.4. The minimum atomic E-state index is -2.66. The van der Waals surface area contributed by atoms with Crippen LogP contribution < -0.4 is 10.4 Å². The standard InChI is InChI=1S/C21H25OSi.3C4H9.Sn/c1-5-6-13-18-22-23(21(2,3)4,19-14-9-7-10-15-19)20-16-11-8-12-17-20;3*1-3-4-2;/h5,7-12,14-17H,18H2,1-4H3;3*1,3-4H2,2H3;. The summed E-state index contributed by atoms with van der Waals surface area (Å²) in [5.74, 6) is 0. The van der Waals surface area contributed by atoms with E-state index in [0.717, 1.165) is 6.61 Å². The minimum absolute atomic E-state index is 0.00514. The molecular formula is C33H52OSiSn. The second-order valence-electron chi connectivity index (χ2n) is 11.5. The maximum absolute atomic E-state index is 7.50. The summed E-state index contributed by atoms with van der Waals surface area (Å²) < 4.78 is 13.5. The molecule has 0 amide bonds. The van der Waals surface area contributed by atoms with Crippen molar-refractivity contribution < 1.29 is 4.43 Å². The summed E-state index contributed by atoms with van der Waals surface area (Å²) in [7, 11) is -2.55. The molecule has 2 aromatic rings. The van der Waals surface area contributed by atoms with Crippen LogP contribution in [0.5, 0.6) is 0 Å². The fourth-order valence-corrected chi connectivity index (χ4v) is 26.7. The molecule has 0 aliphatic carbocycles. The summed E-state index contributed by atoms with van der Waals surface area (Å²) in [6.45, 7) is 17.1. The van der Waals surface area contributed by atoms with E-state index in [1.165, 1.54) is 62.2 Å². The van der Waals surface area contributed by atoms with Gasteiger partial charge in [0.1, 0.15) is 0 Å². The quantitative estimate of drug-likeness (QED) is 0.144. The van der Waals surface area contributed by atoms with Crippen molar-refractivity contribution in [1.82, 2.24) is 0 Å². The van der Waals surface area contributed by atoms with E-state index in [4.69, 9.17) is 4.43 Å². The molecule has 0 saturated carbocycles. The molecule has 0 spiro atoms. The SMILES string of the molecule is CC=C=[C](CO[Si](c1ccccc1)(c1ccccc1)C(C)(C)C)[Sn]([CH2]CCC)([CH2]CCC)[CH2]CCC. The zero-order valence-corrected chi connectivity index (χ0v) is 28.2. The van der Waals surface area contributed by atoms with Crippen molar-refractivity contribution in [2.24, 2.45) is 0 Å². The van der Waals surface area contributed by atoms with E-state index < -0.39 is 26.7 Å². The predicted molar refractivity (Wildman–Crippen MR) is 166 cm³/mol. The van der Waals surface area contributed by atoms with Crippen LogP contribution in [0.4, 0.5) is 0 Å². The Morgan fingerprint density at radius 3 is 1.53 bits per heavy atom. The van der Waals surface area contributed by atoms with Crippen LogP contribution in [-0.2, 0) is 4.43 Å². The van der Waals surface area contributed by atoms with Crippen molar-refractivity contribution in [3.05, 3.63) is 76.1 Å². The first-order valence-corrected chi connectivity index (χ1v) is 23.9. The van der Waals surface area contributed by atoms with Gasteiger partial charge < -0.3 is 0 Å². The number of unbranched alkanes of at least 4 members (excludes halogenated alkanes) is 3. The van der Waals surface area contributed by atoms with E-state index >= 15 is 0 Å². The molecule has 1 nitrogen and oxygen atoms in total. The van der Waals surface area contributed by atoms with Crippen LogP contribution in [0.3, 0.4) is 0 Å². The summed E-state index contributed by atoms with van der Waals surface area (Å²) >= 11 is -2.66. The third-order valence-corrected chi connectivity index (χ3v) is 28.5. The van der Waals surface area contributed by atoms with Gasteiger partial charge in [0, 0.05) is 0 Å². The van der Waals surface area contributed by atoms with Gasteiger partial charge in [-0.2, -0.15) is 0 Å². The summed E-state index contributed by atoms with van der Waals surface area (Å²) in [6, 6.07) is 22.2. The van der Waals surface area contributed by atoms with Crippen LogP contribution in [-0.4, -0.2) is 33.3 Å². The molecule has 198 valence electrons. The molecule has 0 aliphatic rings. The fourth-order valence-electron chi connectivity index (χ4n) is 5.84. The monoisotopic (exact) mass is 612 g/mol. The normalized spacial score (nSPS) is 12.3. The van der Waals surface area contributed by atoms with Crippen LogP contribution in [0.2, 0.25) is 18.3 Å². The van der Waals surface area contributed by atoms with Crippen LogP contribution in [0.1, 0.15) is 87.0 Å². The van der Waals surface area contributed by atoms with E-state index in [0.29, 0.717) is 0 Å². The van der Waals surface area contributed by atoms with E-state index in [1.54, 1.807) is 3.59 Å². The first-order valence-electron chi connectivity index (χ1n) is 14.5. The van der Waals surface area contributed by atoms with Crippen LogP contribution >= 0.6 is 0 Å². The first-order chi connectivity index (χ1) is 17.3. The number of hydrogen-bond donors (Lipinski definition) is 0. The van der Waals surface area contributed by atoms with Gasteiger partial charge in [-0.1, -0.05) is 0 Å². The summed E-state index contributed by atoms with van der Waals surface area (Å²) in [6.07, 6.45) is 10.1. The molecule has 36 heavy (non-hydrogen) atoms. The molecular weight excluding hydrogens is 559 g/mol. The zero-order valence-electron chi connectivity index (χ0n) is 24.3. The van der Waals surface area contributed by atoms with Crippen molar-refractivity contribution in [3.8, 4) is 0 Å². The predicted octanol–water partition coefficient (Wildman–Crippen LogP) is 9.05. The third kappa shape index (κ3) is 7.73. The Balaban J connectivity index is 2.65. The Morgan fingerprint density at radius 1 is 0.778 bits per heavy atom. The average Bonchev–Trinajstić information content (AvgIpc) is 2.89. The van der Waals surface area contributed by atoms with E-state index in [9.17, 15) is 0 Å². The summed E-state index contributed by atoms with van der Waals surface area (Å²) in [5, 5.41) is 2.76. The topological polar surface area (TPSA) is 9.23 Å². The zero-order chi connectivity index (χ0) is 26.5. The molecule has 2 aromatic carbocycles. The molecule has 0 atom stereocenters. The van der Waals surface area contributed by atoms with Crippen molar-refractivity contribution in [1.29, 1.82) is 0 Å². The van der Waals surface area contributed by atoms with Gasteiger partial charge in [-0.3, -0.25) is 0 Å². The molecule has 3 heteroatoms. The Labute approximate surface area is 228 Å². The van der Waals surface area contributed by atoms with Gasteiger partial charge in [-0.05, 0) is 0 Å². The van der Waals surface area contributed by atoms with Crippen LogP contribution in [0, 0.1) is 0 Å². The number of hydrogen-bond acceptors (Lipinski definition) is 1. The summed E-state index contributed by atoms with van der Waals surface area (Å²) in [5.41, 5.74) is 3.86. The van der Waals surface area contributed by atoms with Gasteiger partial charge in [-0.25, -0.2) is 0 Å². The van der Waals surface area contributed by atoms with Crippen LogP contribution in [0.25, 0.3) is 0 Å². The van der Waals surface area contributed by atoms with Gasteiger partial charge >= 0.3 is 230 Å². The molecule has 0 unspecified atom stereocenters. The molecule has 0 aromatic heterocycles. The van der Waals surface area contributed by atoms with Crippen molar-refractivity contribution in [2.75, 3.05) is 6.61 Å². The van der Waals surface area contributed by atoms with E-state index in [1.807, 2.05) is 0 Å². The third-order valence-electron chi connectivity index (χ3n) is 7.84. The van der Waals surface area contributed by atoms with Crippen molar-refractivity contribution >= 4 is 37.1 Å². The molecule has 0 radical (unpaired) electrons. The Kier molecular flexibility index (Phi) is 13.3. The Morgan fingerprint density at radius 2 is 1.19 bits per heavy atom. The Bertz CT molecular complexity index is 877. The molecule has 0 heterocycles. The van der Waals surface area contributed by atoms with Gasteiger partial charge in [0.2, 0.25) is 0 Å². The number of rotatable bonds is 15. The summed E-state index contributed by atoms with van der Waals surface area (Å²) in [4.78, 5) is 0. The fraction of sp³-hybridized carbons (Fsp3) is 0.545. The van der Waals surface area contributed by atoms with Crippen molar-refractivity contribution in [3.63, 3.8) is 0 Å². The second-order valence-corrected chi connectivity index (χ2v) is 29.1. The molecule has 0 aliphatic heterocycles. The van der Waals surface area contributed by atoms with Gasteiger partial charge in [0.05, 0.1) is 0 Å². The average molecular weight is 612 g/mol. The van der Waals surface area contributed by atoms with Crippen molar-refractivity contribution in [2.45, 2.75) is 105 Å². The van der Waals surface area contributed by atoms with Gasteiger partial charge in [0.15, 0.2) is 0 Å². The first kappa shape index (κ1) is 31.2. The maximum atomic E-state index is 7.50. The molecule has 0 bridgehead atoms. The number of benzene rings is 2. The van der Waals surface area contributed by atoms with Gasteiger partial charge in [-0.15, -0.1) is 0 Å². The van der Waals surface area contributed by atoms with E-state index in [2.05, 4.69) is 121 Å². The molecule has 0 fully saturated rings. The molecule has 2 rings (SSSR count). The molecule has 0 saturated heterocycles. The van der Waals surface area contributed by atoms with E-state index in [-0.39, 0.29) is 5.04 Å². The van der Waals surface area contributed by atoms with Crippen LogP contribution in [0.15, 0.2) is 76.1 Å². The molecule has 0 N–H and O–H groups in total.